The first-order valence-electron chi connectivity index (χ1n) is 10.4. The summed E-state index contributed by atoms with van der Waals surface area (Å²) >= 11 is 5.96. The van der Waals surface area contributed by atoms with Crippen molar-refractivity contribution in [2.45, 2.75) is 51.3 Å². The molecule has 7 nitrogen and oxygen atoms in total. The molecule has 32 heavy (non-hydrogen) atoms. The first-order chi connectivity index (χ1) is 15.1. The van der Waals surface area contributed by atoms with Crippen molar-refractivity contribution in [2.75, 3.05) is 6.61 Å². The second kappa shape index (κ2) is 10.0. The smallest absolute Gasteiger partial charge is 0.417 e. The number of amides is 3. The Morgan fingerprint density at radius 2 is 1.78 bits per heavy atom. The van der Waals surface area contributed by atoms with E-state index in [1.807, 2.05) is 30.3 Å². The molecule has 0 aliphatic carbocycles. The molecule has 3 amide bonds. The Balaban J connectivity index is 1.82. The van der Waals surface area contributed by atoms with E-state index in [4.69, 9.17) is 21.1 Å². The van der Waals surface area contributed by atoms with Crippen LogP contribution in [0.15, 0.2) is 54.6 Å². The van der Waals surface area contributed by atoms with Crippen molar-refractivity contribution in [2.24, 2.45) is 0 Å². The number of benzene rings is 2. The number of imide groups is 1. The quantitative estimate of drug-likeness (QED) is 0.694. The third kappa shape index (κ3) is 6.47. The lowest BCUT2D eigenvalue weighted by Gasteiger charge is -2.27. The van der Waals surface area contributed by atoms with Gasteiger partial charge in [-0.1, -0.05) is 54.1 Å². The van der Waals surface area contributed by atoms with E-state index in [0.717, 1.165) is 16.0 Å². The van der Waals surface area contributed by atoms with Crippen molar-refractivity contribution in [3.05, 3.63) is 70.7 Å². The van der Waals surface area contributed by atoms with Crippen molar-refractivity contribution in [1.29, 1.82) is 0 Å². The van der Waals surface area contributed by atoms with Crippen LogP contribution in [0.5, 0.6) is 0 Å². The summed E-state index contributed by atoms with van der Waals surface area (Å²) in [5, 5.41) is 3.18. The van der Waals surface area contributed by atoms with Crippen LogP contribution in [-0.4, -0.2) is 47.3 Å². The predicted octanol–water partition coefficient (Wildman–Crippen LogP) is 4.37. The van der Waals surface area contributed by atoms with Gasteiger partial charge in [0.05, 0.1) is 6.04 Å². The van der Waals surface area contributed by atoms with Crippen LogP contribution >= 0.6 is 11.6 Å². The number of rotatable bonds is 6. The zero-order chi connectivity index (χ0) is 23.3. The van der Waals surface area contributed by atoms with Crippen LogP contribution < -0.4 is 5.32 Å². The number of nitrogens with one attached hydrogen (secondary N) is 1. The molecule has 1 aliphatic heterocycles. The van der Waals surface area contributed by atoms with Crippen LogP contribution in [0.4, 0.5) is 9.59 Å². The van der Waals surface area contributed by atoms with E-state index < -0.39 is 35.8 Å². The molecular formula is C24H27ClN2O5. The summed E-state index contributed by atoms with van der Waals surface area (Å²) in [6.07, 6.45) is -0.838. The zero-order valence-corrected chi connectivity index (χ0v) is 19.1. The first kappa shape index (κ1) is 23.6. The van der Waals surface area contributed by atoms with Crippen LogP contribution in [0.1, 0.15) is 31.9 Å². The second-order valence-corrected chi connectivity index (χ2v) is 9.09. The van der Waals surface area contributed by atoms with Crippen molar-refractivity contribution in [3.8, 4) is 0 Å². The maximum Gasteiger partial charge on any atom is 0.417 e. The highest BCUT2D eigenvalue weighted by atomic mass is 35.5. The number of cyclic esters (lactones) is 1. The maximum absolute atomic E-state index is 13.5. The summed E-state index contributed by atoms with van der Waals surface area (Å²) in [6, 6.07) is 15.0. The van der Waals surface area contributed by atoms with Gasteiger partial charge in [0, 0.05) is 11.4 Å². The van der Waals surface area contributed by atoms with Gasteiger partial charge in [0.2, 0.25) is 0 Å². The molecule has 2 aromatic rings. The van der Waals surface area contributed by atoms with Gasteiger partial charge in [0.25, 0.3) is 5.91 Å². The molecule has 0 spiro atoms. The maximum atomic E-state index is 13.5. The summed E-state index contributed by atoms with van der Waals surface area (Å²) in [5.74, 6) is -0.547. The van der Waals surface area contributed by atoms with Crippen LogP contribution in [0, 0.1) is 0 Å². The Labute approximate surface area is 192 Å². The number of nitrogens with zero attached hydrogens (tertiary/aromatic N) is 1. The Kier molecular flexibility index (Phi) is 7.40. The lowest BCUT2D eigenvalue weighted by atomic mass is 10.0. The Bertz CT molecular complexity index is 957. The minimum Gasteiger partial charge on any atom is -0.447 e. The van der Waals surface area contributed by atoms with Crippen molar-refractivity contribution in [1.82, 2.24) is 10.2 Å². The van der Waals surface area contributed by atoms with E-state index in [-0.39, 0.29) is 13.0 Å². The van der Waals surface area contributed by atoms with Gasteiger partial charge >= 0.3 is 12.2 Å². The highest BCUT2D eigenvalue weighted by molar-refractivity contribution is 6.30. The number of carbonyl (C=O) groups excluding carboxylic acids is 3. The molecule has 0 saturated carbocycles. The van der Waals surface area contributed by atoms with Gasteiger partial charge in [-0.3, -0.25) is 4.79 Å². The van der Waals surface area contributed by atoms with E-state index >= 15 is 0 Å². The first-order valence-corrected chi connectivity index (χ1v) is 10.8. The summed E-state index contributed by atoms with van der Waals surface area (Å²) < 4.78 is 10.5. The third-order valence-electron chi connectivity index (χ3n) is 4.85. The number of hydrogen-bond donors (Lipinski definition) is 1. The van der Waals surface area contributed by atoms with Gasteiger partial charge < -0.3 is 14.8 Å². The molecule has 2 aromatic carbocycles. The minimum absolute atomic E-state index is 0.0968. The number of halogens is 1. The van der Waals surface area contributed by atoms with Gasteiger partial charge in [-0.05, 0) is 50.5 Å². The number of ether oxygens (including phenoxy) is 2. The highest BCUT2D eigenvalue weighted by Crippen LogP contribution is 2.20. The second-order valence-electron chi connectivity index (χ2n) is 8.66. The SMILES string of the molecule is CC(C)(C)OC(=O)N[C@@H](Cc1ccc(Cl)cc1)C(=O)N1C(=O)OCC1Cc1ccccc1. The molecular weight excluding hydrogens is 432 g/mol. The van der Waals surface area contributed by atoms with Gasteiger partial charge in [-0.2, -0.15) is 0 Å². The van der Waals surface area contributed by atoms with Crippen molar-refractivity contribution in [3.63, 3.8) is 0 Å². The molecule has 0 radical (unpaired) electrons. The average Bonchev–Trinajstić information content (AvgIpc) is 3.08. The van der Waals surface area contributed by atoms with Gasteiger partial charge in [-0.15, -0.1) is 0 Å². The number of carbonyl (C=O) groups is 3. The molecule has 0 aromatic heterocycles. The third-order valence-corrected chi connectivity index (χ3v) is 5.11. The zero-order valence-electron chi connectivity index (χ0n) is 18.3. The topological polar surface area (TPSA) is 84.9 Å². The summed E-state index contributed by atoms with van der Waals surface area (Å²) in [6.45, 7) is 5.29. The Morgan fingerprint density at radius 3 is 2.41 bits per heavy atom. The van der Waals surface area contributed by atoms with E-state index in [2.05, 4.69) is 5.32 Å². The summed E-state index contributed by atoms with van der Waals surface area (Å²) in [4.78, 5) is 39.5. The minimum atomic E-state index is -1.02. The van der Waals surface area contributed by atoms with Gasteiger partial charge in [0.15, 0.2) is 0 Å². The number of hydrogen-bond acceptors (Lipinski definition) is 5. The van der Waals surface area contributed by atoms with Crippen molar-refractivity contribution < 1.29 is 23.9 Å². The lowest BCUT2D eigenvalue weighted by Crippen LogP contribution is -2.53. The average molecular weight is 459 g/mol. The molecule has 8 heteroatoms. The normalized spacial score (nSPS) is 16.9. The van der Waals surface area contributed by atoms with Crippen LogP contribution in [-0.2, 0) is 27.1 Å². The van der Waals surface area contributed by atoms with Gasteiger partial charge in [0.1, 0.15) is 18.2 Å². The molecule has 2 atom stereocenters. The van der Waals surface area contributed by atoms with E-state index in [1.165, 1.54) is 0 Å². The molecule has 3 rings (SSSR count). The fraction of sp³-hybridized carbons (Fsp3) is 0.375. The van der Waals surface area contributed by atoms with E-state index in [0.29, 0.717) is 11.4 Å². The van der Waals surface area contributed by atoms with E-state index in [1.54, 1.807) is 45.0 Å². The summed E-state index contributed by atoms with van der Waals surface area (Å²) in [7, 11) is 0. The van der Waals surface area contributed by atoms with Crippen LogP contribution in [0.3, 0.4) is 0 Å². The molecule has 1 saturated heterocycles. The predicted molar refractivity (Wildman–Crippen MR) is 120 cm³/mol. The van der Waals surface area contributed by atoms with Crippen molar-refractivity contribution >= 4 is 29.7 Å². The fourth-order valence-electron chi connectivity index (χ4n) is 3.44. The molecule has 1 unspecified atom stereocenters. The fourth-order valence-corrected chi connectivity index (χ4v) is 3.57. The molecule has 170 valence electrons. The molecule has 1 fully saturated rings. The Morgan fingerprint density at radius 1 is 1.12 bits per heavy atom. The van der Waals surface area contributed by atoms with Gasteiger partial charge in [-0.25, -0.2) is 14.5 Å². The van der Waals surface area contributed by atoms with Crippen LogP contribution in [0.2, 0.25) is 5.02 Å². The highest BCUT2D eigenvalue weighted by Gasteiger charge is 2.41. The Hall–Kier alpha value is -3.06. The molecule has 1 aliphatic rings. The monoisotopic (exact) mass is 458 g/mol. The standard InChI is InChI=1S/C24H27ClN2O5/c1-24(2,3)32-22(29)26-20(14-17-9-11-18(25)12-10-17)21(28)27-19(15-31-23(27)30)13-16-7-5-4-6-8-16/h4-12,19-20H,13-15H2,1-3H3,(H,26,29)/t19?,20-/m0/s1. The molecule has 1 N–H and O–H groups in total. The number of alkyl carbamates (subject to hydrolysis) is 1. The molecule has 1 heterocycles. The van der Waals surface area contributed by atoms with Crippen LogP contribution in [0.25, 0.3) is 0 Å². The summed E-state index contributed by atoms with van der Waals surface area (Å²) in [5.41, 5.74) is 1.01. The largest absolute Gasteiger partial charge is 0.447 e. The lowest BCUT2D eigenvalue weighted by molar-refractivity contribution is -0.131. The van der Waals surface area contributed by atoms with E-state index in [9.17, 15) is 14.4 Å². The molecule has 0 bridgehead atoms.